The Balaban J connectivity index is 1.42. The Bertz CT molecular complexity index is 434. The Labute approximate surface area is 138 Å². The number of rotatable bonds is 6. The van der Waals surface area contributed by atoms with E-state index in [9.17, 15) is 0 Å². The first kappa shape index (κ1) is 16.1. The van der Waals surface area contributed by atoms with Gasteiger partial charge in [0.05, 0.1) is 0 Å². The standard InChI is InChI=1S/C17H28N4S/c1-22-13-3-9-20-10-4-16(14-20)15-5-11-21(12-6-15)17-18-7-2-8-19-17/h2,7-8,15-16H,3-6,9-14H2,1H3/t16-/m1/s1. The summed E-state index contributed by atoms with van der Waals surface area (Å²) in [5.41, 5.74) is 0. The van der Waals surface area contributed by atoms with Gasteiger partial charge in [-0.05, 0) is 68.7 Å². The van der Waals surface area contributed by atoms with E-state index in [0.717, 1.165) is 30.9 Å². The van der Waals surface area contributed by atoms with Crippen LogP contribution in [0.5, 0.6) is 0 Å². The minimum absolute atomic E-state index is 0.908. The van der Waals surface area contributed by atoms with Gasteiger partial charge in [0.1, 0.15) is 0 Å². The van der Waals surface area contributed by atoms with Crippen molar-refractivity contribution in [2.45, 2.75) is 25.7 Å². The third-order valence-electron chi connectivity index (χ3n) is 5.17. The topological polar surface area (TPSA) is 32.3 Å². The second-order valence-corrected chi connectivity index (χ2v) is 7.55. The van der Waals surface area contributed by atoms with Gasteiger partial charge in [-0.15, -0.1) is 0 Å². The highest BCUT2D eigenvalue weighted by Gasteiger charge is 2.32. The second-order valence-electron chi connectivity index (χ2n) is 6.57. The number of likely N-dealkylation sites (tertiary alicyclic amines) is 1. The van der Waals surface area contributed by atoms with Gasteiger partial charge >= 0.3 is 0 Å². The van der Waals surface area contributed by atoms with Crippen LogP contribution < -0.4 is 4.90 Å². The minimum Gasteiger partial charge on any atom is -0.341 e. The fourth-order valence-corrected chi connectivity index (χ4v) is 4.33. The molecule has 2 aliphatic heterocycles. The van der Waals surface area contributed by atoms with Crippen LogP contribution in [-0.4, -0.2) is 59.6 Å². The maximum Gasteiger partial charge on any atom is 0.225 e. The summed E-state index contributed by atoms with van der Waals surface area (Å²) in [6.45, 7) is 6.20. The molecular weight excluding hydrogens is 292 g/mol. The highest BCUT2D eigenvalue weighted by atomic mass is 32.2. The molecule has 1 aromatic rings. The summed E-state index contributed by atoms with van der Waals surface area (Å²) in [6, 6.07) is 1.89. The molecule has 0 amide bonds. The lowest BCUT2D eigenvalue weighted by molar-refractivity contribution is 0.256. The number of thioether (sulfide) groups is 1. The Morgan fingerprint density at radius 3 is 2.55 bits per heavy atom. The molecule has 0 unspecified atom stereocenters. The summed E-state index contributed by atoms with van der Waals surface area (Å²) in [7, 11) is 0. The molecule has 1 atom stereocenters. The summed E-state index contributed by atoms with van der Waals surface area (Å²) in [5.74, 6) is 4.04. The van der Waals surface area contributed by atoms with Crippen LogP contribution >= 0.6 is 11.8 Å². The van der Waals surface area contributed by atoms with Crippen molar-refractivity contribution >= 4 is 17.7 Å². The van der Waals surface area contributed by atoms with E-state index >= 15 is 0 Å². The number of hydrogen-bond donors (Lipinski definition) is 0. The van der Waals surface area contributed by atoms with Crippen molar-refractivity contribution < 1.29 is 0 Å². The van der Waals surface area contributed by atoms with Crippen LogP contribution in [0.4, 0.5) is 5.95 Å². The maximum atomic E-state index is 4.38. The monoisotopic (exact) mass is 320 g/mol. The Kier molecular flexibility index (Phi) is 5.96. The van der Waals surface area contributed by atoms with Crippen LogP contribution in [-0.2, 0) is 0 Å². The van der Waals surface area contributed by atoms with Crippen LogP contribution in [0.25, 0.3) is 0 Å². The Morgan fingerprint density at radius 2 is 1.82 bits per heavy atom. The molecule has 2 saturated heterocycles. The summed E-state index contributed by atoms with van der Waals surface area (Å²) >= 11 is 1.97. The molecule has 0 spiro atoms. The zero-order valence-electron chi connectivity index (χ0n) is 13.7. The molecule has 4 nitrogen and oxygen atoms in total. The van der Waals surface area contributed by atoms with Crippen LogP contribution in [0.2, 0.25) is 0 Å². The highest BCUT2D eigenvalue weighted by molar-refractivity contribution is 7.98. The van der Waals surface area contributed by atoms with Crippen molar-refractivity contribution in [3.05, 3.63) is 18.5 Å². The summed E-state index contributed by atoms with van der Waals surface area (Å²) < 4.78 is 0. The molecule has 0 saturated carbocycles. The van der Waals surface area contributed by atoms with E-state index in [0.29, 0.717) is 0 Å². The first-order chi connectivity index (χ1) is 10.9. The number of anilines is 1. The number of aromatic nitrogens is 2. The molecule has 0 aliphatic carbocycles. The van der Waals surface area contributed by atoms with Crippen molar-refractivity contribution in [3.63, 3.8) is 0 Å². The first-order valence-electron chi connectivity index (χ1n) is 8.60. The van der Waals surface area contributed by atoms with Crippen molar-refractivity contribution in [1.29, 1.82) is 0 Å². The van der Waals surface area contributed by atoms with Crippen LogP contribution in [0, 0.1) is 11.8 Å². The quantitative estimate of drug-likeness (QED) is 0.753. The zero-order chi connectivity index (χ0) is 15.2. The van der Waals surface area contributed by atoms with Crippen molar-refractivity contribution in [2.24, 2.45) is 11.8 Å². The fourth-order valence-electron chi connectivity index (χ4n) is 3.91. The van der Waals surface area contributed by atoms with E-state index in [-0.39, 0.29) is 0 Å². The Hall–Kier alpha value is -0.810. The van der Waals surface area contributed by atoms with Gasteiger partial charge in [-0.25, -0.2) is 9.97 Å². The first-order valence-corrected chi connectivity index (χ1v) is 9.99. The van der Waals surface area contributed by atoms with Gasteiger partial charge < -0.3 is 9.80 Å². The third-order valence-corrected chi connectivity index (χ3v) is 5.87. The maximum absolute atomic E-state index is 4.38. The largest absolute Gasteiger partial charge is 0.341 e. The highest BCUT2D eigenvalue weighted by Crippen LogP contribution is 2.32. The molecule has 3 heterocycles. The van der Waals surface area contributed by atoms with E-state index in [2.05, 4.69) is 26.0 Å². The van der Waals surface area contributed by atoms with Gasteiger partial charge in [-0.2, -0.15) is 11.8 Å². The molecule has 1 aromatic heterocycles. The summed E-state index contributed by atoms with van der Waals surface area (Å²) in [6.07, 6.45) is 11.3. The molecule has 5 heteroatoms. The van der Waals surface area contributed by atoms with E-state index in [1.807, 2.05) is 30.2 Å². The summed E-state index contributed by atoms with van der Waals surface area (Å²) in [4.78, 5) is 13.8. The molecular formula is C17H28N4S. The van der Waals surface area contributed by atoms with Crippen molar-refractivity contribution in [1.82, 2.24) is 14.9 Å². The average Bonchev–Trinajstić information content (AvgIpc) is 3.05. The molecule has 22 heavy (non-hydrogen) atoms. The zero-order valence-corrected chi connectivity index (χ0v) is 14.5. The third kappa shape index (κ3) is 4.13. The van der Waals surface area contributed by atoms with Crippen LogP contribution in [0.15, 0.2) is 18.5 Å². The smallest absolute Gasteiger partial charge is 0.225 e. The lowest BCUT2D eigenvalue weighted by atomic mass is 9.84. The molecule has 0 radical (unpaired) electrons. The molecule has 2 fully saturated rings. The molecule has 2 aliphatic rings. The van der Waals surface area contributed by atoms with Crippen molar-refractivity contribution in [3.8, 4) is 0 Å². The Morgan fingerprint density at radius 1 is 1.09 bits per heavy atom. The second kappa shape index (κ2) is 8.16. The predicted octanol–water partition coefficient (Wildman–Crippen LogP) is 2.77. The van der Waals surface area contributed by atoms with E-state index in [1.54, 1.807) is 0 Å². The lowest BCUT2D eigenvalue weighted by Crippen LogP contribution is -2.37. The van der Waals surface area contributed by atoms with Gasteiger partial charge in [0, 0.05) is 32.0 Å². The van der Waals surface area contributed by atoms with Crippen molar-refractivity contribution in [2.75, 3.05) is 49.6 Å². The fraction of sp³-hybridized carbons (Fsp3) is 0.765. The van der Waals surface area contributed by atoms with Crippen LogP contribution in [0.1, 0.15) is 25.7 Å². The van der Waals surface area contributed by atoms with E-state index in [1.165, 1.54) is 51.1 Å². The van der Waals surface area contributed by atoms with Gasteiger partial charge in [0.15, 0.2) is 0 Å². The van der Waals surface area contributed by atoms with Gasteiger partial charge in [0.2, 0.25) is 5.95 Å². The van der Waals surface area contributed by atoms with Gasteiger partial charge in [-0.1, -0.05) is 0 Å². The summed E-state index contributed by atoms with van der Waals surface area (Å²) in [5, 5.41) is 0. The minimum atomic E-state index is 0.908. The number of hydrogen-bond acceptors (Lipinski definition) is 5. The molecule has 0 N–H and O–H groups in total. The number of piperidine rings is 1. The van der Waals surface area contributed by atoms with Gasteiger partial charge in [-0.3, -0.25) is 0 Å². The molecule has 3 rings (SSSR count). The SMILES string of the molecule is CSCCCN1CC[C@@H](C2CCN(c3ncccn3)CC2)C1. The molecule has 0 bridgehead atoms. The molecule has 122 valence electrons. The molecule has 0 aromatic carbocycles. The van der Waals surface area contributed by atoms with E-state index < -0.39 is 0 Å². The van der Waals surface area contributed by atoms with E-state index in [4.69, 9.17) is 0 Å². The predicted molar refractivity (Wildman–Crippen MR) is 94.5 cm³/mol. The van der Waals surface area contributed by atoms with Crippen LogP contribution in [0.3, 0.4) is 0 Å². The normalized spacial score (nSPS) is 24.0. The average molecular weight is 321 g/mol. The lowest BCUT2D eigenvalue weighted by Gasteiger charge is -2.34. The van der Waals surface area contributed by atoms with Gasteiger partial charge in [0.25, 0.3) is 0 Å². The number of nitrogens with zero attached hydrogens (tertiary/aromatic N) is 4.